The maximum Gasteiger partial charge on any atom is 0.375 e. The Morgan fingerprint density at radius 2 is 2.29 bits per heavy atom. The van der Waals surface area contributed by atoms with Gasteiger partial charge in [-0.1, -0.05) is 0 Å². The molecular formula is C12H12O4S. The lowest BCUT2D eigenvalue weighted by Gasteiger charge is -2.18. The van der Waals surface area contributed by atoms with Crippen LogP contribution in [0.1, 0.15) is 28.6 Å². The first-order chi connectivity index (χ1) is 8.15. The second-order valence-corrected chi connectivity index (χ2v) is 4.80. The number of ether oxygens (including phenoxy) is 1. The summed E-state index contributed by atoms with van der Waals surface area (Å²) in [7, 11) is 0. The van der Waals surface area contributed by atoms with Crippen LogP contribution in [0, 0.1) is 5.92 Å². The Labute approximate surface area is 103 Å². The third kappa shape index (κ3) is 2.15. The van der Waals surface area contributed by atoms with Crippen molar-refractivity contribution in [3.63, 3.8) is 0 Å². The Bertz CT molecular complexity index is 475. The number of rotatable bonds is 3. The molecular weight excluding hydrogens is 240 g/mol. The Morgan fingerprint density at radius 3 is 3.00 bits per heavy atom. The quantitative estimate of drug-likeness (QED) is 0.466. The molecule has 0 amide bonds. The van der Waals surface area contributed by atoms with Crippen molar-refractivity contribution < 1.29 is 19.1 Å². The number of carbonyl (C=O) groups is 3. The molecule has 0 bridgehead atoms. The van der Waals surface area contributed by atoms with Gasteiger partial charge in [0.1, 0.15) is 0 Å². The van der Waals surface area contributed by atoms with E-state index in [4.69, 9.17) is 0 Å². The predicted molar refractivity (Wildman–Crippen MR) is 62.1 cm³/mol. The van der Waals surface area contributed by atoms with Gasteiger partial charge in [-0.2, -0.15) is 0 Å². The molecule has 1 aromatic heterocycles. The Morgan fingerprint density at radius 1 is 1.53 bits per heavy atom. The molecule has 1 unspecified atom stereocenters. The Balaban J connectivity index is 2.18. The minimum Gasteiger partial charge on any atom is -0.460 e. The molecule has 1 aliphatic carbocycles. The number of aryl methyl sites for hydroxylation is 1. The number of ketones is 2. The van der Waals surface area contributed by atoms with Crippen LogP contribution >= 0.6 is 11.3 Å². The van der Waals surface area contributed by atoms with Crippen molar-refractivity contribution in [1.82, 2.24) is 0 Å². The number of hydrogen-bond donors (Lipinski definition) is 0. The Kier molecular flexibility index (Phi) is 3.38. The minimum atomic E-state index is -0.899. The van der Waals surface area contributed by atoms with Crippen molar-refractivity contribution in [2.45, 2.75) is 19.8 Å². The fourth-order valence-electron chi connectivity index (χ4n) is 1.94. The lowest BCUT2D eigenvalue weighted by atomic mass is 9.84. The van der Waals surface area contributed by atoms with Gasteiger partial charge in [0.2, 0.25) is 0 Å². The number of esters is 1. The lowest BCUT2D eigenvalue weighted by Crippen LogP contribution is -2.34. The molecule has 1 aliphatic rings. The zero-order chi connectivity index (χ0) is 12.4. The topological polar surface area (TPSA) is 60.4 Å². The first-order valence-electron chi connectivity index (χ1n) is 5.46. The molecule has 0 aliphatic heterocycles. The van der Waals surface area contributed by atoms with E-state index in [0.717, 1.165) is 4.88 Å². The molecule has 17 heavy (non-hydrogen) atoms. The molecule has 1 aromatic rings. The fourth-order valence-corrected chi connectivity index (χ4v) is 2.84. The zero-order valence-electron chi connectivity index (χ0n) is 9.39. The van der Waals surface area contributed by atoms with Gasteiger partial charge in [-0.3, -0.25) is 9.59 Å². The molecule has 1 atom stereocenters. The summed E-state index contributed by atoms with van der Waals surface area (Å²) in [6.45, 7) is 1.78. The molecule has 4 nitrogen and oxygen atoms in total. The van der Waals surface area contributed by atoms with E-state index in [1.54, 1.807) is 13.0 Å². The van der Waals surface area contributed by atoms with Crippen molar-refractivity contribution in [3.8, 4) is 0 Å². The summed E-state index contributed by atoms with van der Waals surface area (Å²) < 4.78 is 4.64. The molecule has 0 spiro atoms. The average Bonchev–Trinajstić information content (AvgIpc) is 2.78. The van der Waals surface area contributed by atoms with Crippen LogP contribution in [0.25, 0.3) is 0 Å². The number of thiophene rings is 1. The molecule has 0 aromatic carbocycles. The van der Waals surface area contributed by atoms with Gasteiger partial charge in [-0.15, -0.1) is 11.3 Å². The van der Waals surface area contributed by atoms with E-state index < -0.39 is 17.7 Å². The normalized spacial score (nSPS) is 18.6. The maximum atomic E-state index is 12.0. The van der Waals surface area contributed by atoms with Crippen molar-refractivity contribution in [3.05, 3.63) is 21.9 Å². The van der Waals surface area contributed by atoms with Gasteiger partial charge in [-0.05, 0) is 31.2 Å². The highest BCUT2D eigenvalue weighted by Gasteiger charge is 2.37. The zero-order valence-corrected chi connectivity index (χ0v) is 10.2. The second-order valence-electron chi connectivity index (χ2n) is 3.80. The molecule has 5 heteroatoms. The van der Waals surface area contributed by atoms with Crippen molar-refractivity contribution in [2.24, 2.45) is 5.92 Å². The van der Waals surface area contributed by atoms with Crippen LogP contribution in [0.5, 0.6) is 0 Å². The van der Waals surface area contributed by atoms with Gasteiger partial charge in [0.25, 0.3) is 5.78 Å². The summed E-state index contributed by atoms with van der Waals surface area (Å²) in [6, 6.07) is 1.72. The fraction of sp³-hybridized carbons (Fsp3) is 0.417. The summed E-state index contributed by atoms with van der Waals surface area (Å²) in [5, 5.41) is 1.83. The molecule has 2 rings (SSSR count). The van der Waals surface area contributed by atoms with E-state index in [2.05, 4.69) is 4.74 Å². The summed E-state index contributed by atoms with van der Waals surface area (Å²) in [4.78, 5) is 36.1. The molecule has 1 heterocycles. The van der Waals surface area contributed by atoms with Crippen LogP contribution in [0.2, 0.25) is 0 Å². The summed E-state index contributed by atoms with van der Waals surface area (Å²) in [5.41, 5.74) is 0.587. The highest BCUT2D eigenvalue weighted by atomic mass is 32.1. The van der Waals surface area contributed by atoms with Crippen LogP contribution in [0.15, 0.2) is 11.4 Å². The first kappa shape index (κ1) is 12.0. The number of Topliss-reactive ketones (excluding diaryl/α,β-unsaturated/α-hetero) is 2. The van der Waals surface area contributed by atoms with E-state index >= 15 is 0 Å². The average molecular weight is 252 g/mol. The van der Waals surface area contributed by atoms with Crippen molar-refractivity contribution >= 4 is 28.9 Å². The molecule has 0 fully saturated rings. The lowest BCUT2D eigenvalue weighted by molar-refractivity contribution is -0.154. The van der Waals surface area contributed by atoms with E-state index in [9.17, 15) is 14.4 Å². The monoisotopic (exact) mass is 252 g/mol. The van der Waals surface area contributed by atoms with E-state index in [0.29, 0.717) is 18.4 Å². The highest BCUT2D eigenvalue weighted by Crippen LogP contribution is 2.30. The van der Waals surface area contributed by atoms with Crippen LogP contribution in [0.3, 0.4) is 0 Å². The molecule has 0 saturated heterocycles. The molecule has 0 saturated carbocycles. The van der Waals surface area contributed by atoms with Gasteiger partial charge in [0.15, 0.2) is 5.78 Å². The molecule has 90 valence electrons. The smallest absolute Gasteiger partial charge is 0.375 e. The second kappa shape index (κ2) is 4.79. The summed E-state index contributed by atoms with van der Waals surface area (Å²) >= 11 is 1.51. The van der Waals surface area contributed by atoms with E-state index in [-0.39, 0.29) is 12.4 Å². The van der Waals surface area contributed by atoms with Gasteiger partial charge in [-0.25, -0.2) is 4.79 Å². The van der Waals surface area contributed by atoms with Gasteiger partial charge < -0.3 is 4.74 Å². The van der Waals surface area contributed by atoms with Gasteiger partial charge in [0.05, 0.1) is 12.5 Å². The number of hydrogen-bond acceptors (Lipinski definition) is 5. The molecule has 0 N–H and O–H groups in total. The maximum absolute atomic E-state index is 12.0. The summed E-state index contributed by atoms with van der Waals surface area (Å²) in [5.74, 6) is -2.71. The first-order valence-corrected chi connectivity index (χ1v) is 6.34. The Hall–Kier alpha value is -1.49. The van der Waals surface area contributed by atoms with Crippen LogP contribution in [0.4, 0.5) is 0 Å². The number of fused-ring (bicyclic) bond motifs is 1. The van der Waals surface area contributed by atoms with Crippen LogP contribution in [-0.2, 0) is 20.7 Å². The van der Waals surface area contributed by atoms with Crippen molar-refractivity contribution in [2.75, 3.05) is 6.61 Å². The SMILES string of the molecule is CCOC(=O)C(=O)C1CCc2sccc2C1=O. The highest BCUT2D eigenvalue weighted by molar-refractivity contribution is 7.10. The third-order valence-corrected chi connectivity index (χ3v) is 3.76. The van der Waals surface area contributed by atoms with Crippen LogP contribution in [-0.4, -0.2) is 24.1 Å². The third-order valence-electron chi connectivity index (χ3n) is 2.78. The summed E-state index contributed by atoms with van der Waals surface area (Å²) in [6.07, 6.45) is 1.08. The molecule has 0 radical (unpaired) electrons. The largest absolute Gasteiger partial charge is 0.460 e. The minimum absolute atomic E-state index is 0.148. The van der Waals surface area contributed by atoms with E-state index in [1.165, 1.54) is 11.3 Å². The predicted octanol–water partition coefficient (Wildman–Crippen LogP) is 1.63. The van der Waals surface area contributed by atoms with Gasteiger partial charge in [0, 0.05) is 10.4 Å². The number of carbonyl (C=O) groups excluding carboxylic acids is 3. The standard InChI is InChI=1S/C12H12O4S/c1-2-16-12(15)11(14)8-3-4-9-7(10(8)13)5-6-17-9/h5-6,8H,2-4H2,1H3. The van der Waals surface area contributed by atoms with E-state index in [1.807, 2.05) is 5.38 Å². The van der Waals surface area contributed by atoms with Crippen LogP contribution < -0.4 is 0 Å². The van der Waals surface area contributed by atoms with Crippen molar-refractivity contribution in [1.29, 1.82) is 0 Å². The van der Waals surface area contributed by atoms with Gasteiger partial charge >= 0.3 is 5.97 Å².